The van der Waals surface area contributed by atoms with Crippen LogP contribution in [-0.4, -0.2) is 60.2 Å². The highest BCUT2D eigenvalue weighted by molar-refractivity contribution is 5.84. The van der Waals surface area contributed by atoms with Gasteiger partial charge in [0.05, 0.1) is 0 Å². The molecule has 148 valence electrons. The number of likely N-dealkylation sites (tertiary alicyclic amines) is 1. The van der Waals surface area contributed by atoms with Crippen molar-refractivity contribution in [2.75, 3.05) is 33.7 Å². The zero-order valence-corrected chi connectivity index (χ0v) is 17.3. The Morgan fingerprint density at radius 2 is 1.96 bits per heavy atom. The van der Waals surface area contributed by atoms with E-state index in [1.54, 1.807) is 0 Å². The number of fused-ring (bicyclic) bond motifs is 1. The van der Waals surface area contributed by atoms with E-state index in [1.165, 1.54) is 22.0 Å². The average molecular weight is 372 g/mol. The normalized spacial score (nSPS) is 16.3. The lowest BCUT2D eigenvalue weighted by molar-refractivity contribution is 0.0205. The fraction of sp³-hybridized carbons (Fsp3) is 0.591. The van der Waals surface area contributed by atoms with E-state index in [9.17, 15) is 4.79 Å². The summed E-state index contributed by atoms with van der Waals surface area (Å²) in [7, 11) is 4.22. The van der Waals surface area contributed by atoms with Gasteiger partial charge >= 0.3 is 6.09 Å². The van der Waals surface area contributed by atoms with E-state index in [0.717, 1.165) is 38.9 Å². The number of carbonyl (C=O) groups excluding carboxylic acids is 1. The van der Waals surface area contributed by atoms with Crippen LogP contribution >= 0.6 is 0 Å². The Morgan fingerprint density at radius 1 is 1.26 bits per heavy atom. The fourth-order valence-electron chi connectivity index (χ4n) is 3.72. The molecule has 2 heterocycles. The van der Waals surface area contributed by atoms with E-state index in [2.05, 4.69) is 48.4 Å². The number of ether oxygens (including phenoxy) is 1. The van der Waals surface area contributed by atoms with Crippen LogP contribution in [0.5, 0.6) is 0 Å². The molecule has 1 aliphatic heterocycles. The molecule has 27 heavy (non-hydrogen) atoms. The molecule has 1 saturated heterocycles. The average Bonchev–Trinajstić information content (AvgIpc) is 3.01. The second kappa shape index (κ2) is 7.93. The molecular weight excluding hydrogens is 338 g/mol. The standard InChI is InChI=1S/C22H33N3O2/c1-22(2,3)27-21(26)25-12-9-16(10-13-25)17-6-7-20-19(14-17)18(15-23-20)8-11-24(4)5/h6-7,14-16,23H,8-13H2,1-5H3. The van der Waals surface area contributed by atoms with Crippen LogP contribution in [-0.2, 0) is 11.2 Å². The highest BCUT2D eigenvalue weighted by Crippen LogP contribution is 2.31. The molecule has 0 unspecified atom stereocenters. The van der Waals surface area contributed by atoms with Crippen molar-refractivity contribution in [1.82, 2.24) is 14.8 Å². The SMILES string of the molecule is CN(C)CCc1c[nH]c2ccc(C3CCN(C(=O)OC(C)(C)C)CC3)cc12. The van der Waals surface area contributed by atoms with Crippen LogP contribution in [0.2, 0.25) is 0 Å². The first-order valence-electron chi connectivity index (χ1n) is 9.95. The number of amides is 1. The Morgan fingerprint density at radius 3 is 2.59 bits per heavy atom. The van der Waals surface area contributed by atoms with Crippen molar-refractivity contribution in [3.8, 4) is 0 Å². The van der Waals surface area contributed by atoms with Gasteiger partial charge in [0, 0.05) is 36.7 Å². The highest BCUT2D eigenvalue weighted by Gasteiger charge is 2.27. The van der Waals surface area contributed by atoms with E-state index in [0.29, 0.717) is 5.92 Å². The largest absolute Gasteiger partial charge is 0.444 e. The first-order valence-corrected chi connectivity index (χ1v) is 9.95. The van der Waals surface area contributed by atoms with E-state index >= 15 is 0 Å². The minimum absolute atomic E-state index is 0.187. The lowest BCUT2D eigenvalue weighted by Crippen LogP contribution is -2.41. The van der Waals surface area contributed by atoms with Crippen molar-refractivity contribution < 1.29 is 9.53 Å². The quantitative estimate of drug-likeness (QED) is 0.867. The second-order valence-corrected chi connectivity index (χ2v) is 8.91. The number of hydrogen-bond donors (Lipinski definition) is 1. The van der Waals surface area contributed by atoms with E-state index < -0.39 is 5.60 Å². The molecule has 1 aromatic carbocycles. The second-order valence-electron chi connectivity index (χ2n) is 8.91. The number of carbonyl (C=O) groups is 1. The Kier molecular flexibility index (Phi) is 5.80. The number of nitrogens with one attached hydrogen (secondary N) is 1. The smallest absolute Gasteiger partial charge is 0.410 e. The molecule has 1 amide bonds. The van der Waals surface area contributed by atoms with Crippen LogP contribution in [0.4, 0.5) is 4.79 Å². The lowest BCUT2D eigenvalue weighted by atomic mass is 9.88. The number of likely N-dealkylation sites (N-methyl/N-ethyl adjacent to an activating group) is 1. The number of nitrogens with zero attached hydrogens (tertiary/aromatic N) is 2. The van der Waals surface area contributed by atoms with E-state index in [-0.39, 0.29) is 6.09 Å². The first-order chi connectivity index (χ1) is 12.7. The fourth-order valence-corrected chi connectivity index (χ4v) is 3.72. The molecule has 0 saturated carbocycles. The molecule has 0 atom stereocenters. The number of benzene rings is 1. The maximum atomic E-state index is 12.3. The molecule has 1 fully saturated rings. The predicted molar refractivity (Wildman–Crippen MR) is 110 cm³/mol. The summed E-state index contributed by atoms with van der Waals surface area (Å²) in [6.45, 7) is 8.31. The van der Waals surface area contributed by atoms with Gasteiger partial charge in [0.1, 0.15) is 5.60 Å². The Balaban J connectivity index is 1.66. The highest BCUT2D eigenvalue weighted by atomic mass is 16.6. The molecule has 1 N–H and O–H groups in total. The monoisotopic (exact) mass is 371 g/mol. The summed E-state index contributed by atoms with van der Waals surface area (Å²) in [6.07, 6.45) is 4.98. The molecule has 0 bridgehead atoms. The number of H-pyrrole nitrogens is 1. The number of piperidine rings is 1. The number of aromatic amines is 1. The van der Waals surface area contributed by atoms with Gasteiger partial charge in [0.15, 0.2) is 0 Å². The lowest BCUT2D eigenvalue weighted by Gasteiger charge is -2.33. The van der Waals surface area contributed by atoms with Crippen LogP contribution in [0.1, 0.15) is 50.7 Å². The summed E-state index contributed by atoms with van der Waals surface area (Å²) in [5, 5.41) is 1.34. The van der Waals surface area contributed by atoms with E-state index in [1.807, 2.05) is 25.7 Å². The van der Waals surface area contributed by atoms with Crippen LogP contribution in [0.3, 0.4) is 0 Å². The summed E-state index contributed by atoms with van der Waals surface area (Å²) in [5.74, 6) is 0.504. The summed E-state index contributed by atoms with van der Waals surface area (Å²) in [4.78, 5) is 19.7. The maximum absolute atomic E-state index is 12.3. The van der Waals surface area contributed by atoms with Crippen LogP contribution in [0.15, 0.2) is 24.4 Å². The van der Waals surface area contributed by atoms with Gasteiger partial charge in [0.25, 0.3) is 0 Å². The van der Waals surface area contributed by atoms with Gasteiger partial charge in [-0.3, -0.25) is 0 Å². The van der Waals surface area contributed by atoms with Crippen molar-refractivity contribution in [2.45, 2.75) is 51.6 Å². The molecular formula is C22H33N3O2. The molecule has 0 radical (unpaired) electrons. The van der Waals surface area contributed by atoms with Crippen molar-refractivity contribution in [1.29, 1.82) is 0 Å². The molecule has 1 aliphatic rings. The third kappa shape index (κ3) is 5.04. The molecule has 0 spiro atoms. The first kappa shape index (κ1) is 19.7. The summed E-state index contributed by atoms with van der Waals surface area (Å²) >= 11 is 0. The zero-order valence-electron chi connectivity index (χ0n) is 17.3. The molecule has 5 nitrogen and oxygen atoms in total. The van der Waals surface area contributed by atoms with Gasteiger partial charge in [-0.2, -0.15) is 0 Å². The minimum Gasteiger partial charge on any atom is -0.444 e. The van der Waals surface area contributed by atoms with Gasteiger partial charge in [-0.05, 0) is 83.3 Å². The van der Waals surface area contributed by atoms with Gasteiger partial charge in [0.2, 0.25) is 0 Å². The van der Waals surface area contributed by atoms with Crippen LogP contribution < -0.4 is 0 Å². The molecule has 1 aromatic heterocycles. The van der Waals surface area contributed by atoms with Gasteiger partial charge in [-0.15, -0.1) is 0 Å². The summed E-state index contributed by atoms with van der Waals surface area (Å²) in [6, 6.07) is 6.79. The van der Waals surface area contributed by atoms with Gasteiger partial charge in [-0.1, -0.05) is 6.07 Å². The molecule has 0 aliphatic carbocycles. The number of rotatable bonds is 4. The summed E-state index contributed by atoms with van der Waals surface area (Å²) in [5.41, 5.74) is 3.54. The third-order valence-electron chi connectivity index (χ3n) is 5.24. The molecule has 2 aromatic rings. The van der Waals surface area contributed by atoms with Crippen molar-refractivity contribution in [3.63, 3.8) is 0 Å². The maximum Gasteiger partial charge on any atom is 0.410 e. The van der Waals surface area contributed by atoms with Crippen molar-refractivity contribution in [2.24, 2.45) is 0 Å². The predicted octanol–water partition coefficient (Wildman–Crippen LogP) is 4.39. The zero-order chi connectivity index (χ0) is 19.6. The molecule has 5 heteroatoms. The summed E-state index contributed by atoms with van der Waals surface area (Å²) < 4.78 is 5.51. The van der Waals surface area contributed by atoms with E-state index in [4.69, 9.17) is 4.74 Å². The van der Waals surface area contributed by atoms with Gasteiger partial charge < -0.3 is 19.5 Å². The van der Waals surface area contributed by atoms with Crippen molar-refractivity contribution in [3.05, 3.63) is 35.5 Å². The minimum atomic E-state index is -0.434. The number of hydrogen-bond acceptors (Lipinski definition) is 3. The topological polar surface area (TPSA) is 48.6 Å². The Hall–Kier alpha value is -2.01. The third-order valence-corrected chi connectivity index (χ3v) is 5.24. The number of aromatic nitrogens is 1. The van der Waals surface area contributed by atoms with Crippen LogP contribution in [0, 0.1) is 0 Å². The van der Waals surface area contributed by atoms with Crippen LogP contribution in [0.25, 0.3) is 10.9 Å². The molecule has 3 rings (SSSR count). The Labute approximate surface area is 162 Å². The Bertz CT molecular complexity index is 780. The van der Waals surface area contributed by atoms with Crippen molar-refractivity contribution >= 4 is 17.0 Å². The van der Waals surface area contributed by atoms with Gasteiger partial charge in [-0.25, -0.2) is 4.79 Å².